The lowest BCUT2D eigenvalue weighted by atomic mass is 10.2. The van der Waals surface area contributed by atoms with Crippen LogP contribution in [-0.4, -0.2) is 21.0 Å². The van der Waals surface area contributed by atoms with E-state index in [-0.39, 0.29) is 6.42 Å². The fourth-order valence-electron chi connectivity index (χ4n) is 1.54. The quantitative estimate of drug-likeness (QED) is 0.943. The van der Waals surface area contributed by atoms with E-state index in [9.17, 15) is 4.79 Å². The summed E-state index contributed by atoms with van der Waals surface area (Å²) in [5.74, 6) is -0.211. The smallest absolute Gasteiger partial charge is 0.303 e. The first-order chi connectivity index (χ1) is 8.65. The fraction of sp³-hybridized carbons (Fsp3) is 0.154. The molecule has 0 aliphatic heterocycles. The second kappa shape index (κ2) is 5.73. The fourth-order valence-corrected chi connectivity index (χ4v) is 1.94. The molecule has 0 saturated heterocycles. The number of carbonyl (C=O) groups is 1. The van der Waals surface area contributed by atoms with Crippen LogP contribution in [0.15, 0.2) is 41.0 Å². The largest absolute Gasteiger partial charge is 0.481 e. The molecule has 0 saturated carbocycles. The molecule has 4 nitrogen and oxygen atoms in total. The highest BCUT2D eigenvalue weighted by atomic mass is 79.9. The Morgan fingerprint density at radius 2 is 2.17 bits per heavy atom. The van der Waals surface area contributed by atoms with Crippen molar-refractivity contribution in [1.29, 1.82) is 0 Å². The van der Waals surface area contributed by atoms with Crippen LogP contribution in [0.3, 0.4) is 0 Å². The van der Waals surface area contributed by atoms with Crippen LogP contribution in [0.2, 0.25) is 0 Å². The molecular weight excluding hydrogens is 296 g/mol. The monoisotopic (exact) mass is 306 g/mol. The zero-order valence-corrected chi connectivity index (χ0v) is 11.1. The topological polar surface area (TPSA) is 63.1 Å². The van der Waals surface area contributed by atoms with Gasteiger partial charge in [-0.15, -0.1) is 0 Å². The summed E-state index contributed by atoms with van der Waals surface area (Å²) in [6.45, 7) is 0. The van der Waals surface area contributed by atoms with Gasteiger partial charge in [0.15, 0.2) is 5.82 Å². The van der Waals surface area contributed by atoms with Gasteiger partial charge >= 0.3 is 5.97 Å². The first kappa shape index (κ1) is 12.7. The molecule has 1 aromatic heterocycles. The van der Waals surface area contributed by atoms with Gasteiger partial charge in [-0.25, -0.2) is 9.97 Å². The van der Waals surface area contributed by atoms with Crippen molar-refractivity contribution in [3.63, 3.8) is 0 Å². The Balaban J connectivity index is 2.24. The van der Waals surface area contributed by atoms with Crippen molar-refractivity contribution in [3.05, 3.63) is 46.7 Å². The third-order valence-electron chi connectivity index (χ3n) is 2.39. The van der Waals surface area contributed by atoms with Crippen molar-refractivity contribution >= 4 is 21.9 Å². The van der Waals surface area contributed by atoms with Crippen LogP contribution in [-0.2, 0) is 11.2 Å². The molecular formula is C13H11BrN2O2. The number of hydrogen-bond acceptors (Lipinski definition) is 3. The molecule has 0 radical (unpaired) electrons. The van der Waals surface area contributed by atoms with Gasteiger partial charge in [-0.05, 0) is 18.2 Å². The molecule has 0 amide bonds. The maximum Gasteiger partial charge on any atom is 0.303 e. The van der Waals surface area contributed by atoms with Gasteiger partial charge < -0.3 is 5.11 Å². The lowest BCUT2D eigenvalue weighted by molar-refractivity contribution is -0.136. The predicted molar refractivity (Wildman–Crippen MR) is 71.1 cm³/mol. The molecule has 0 aliphatic rings. The van der Waals surface area contributed by atoms with E-state index >= 15 is 0 Å². The number of halogens is 1. The highest BCUT2D eigenvalue weighted by Crippen LogP contribution is 2.19. The molecule has 1 N–H and O–H groups in total. The third kappa shape index (κ3) is 3.37. The summed E-state index contributed by atoms with van der Waals surface area (Å²) >= 11 is 3.39. The van der Waals surface area contributed by atoms with E-state index < -0.39 is 5.97 Å². The van der Waals surface area contributed by atoms with Crippen LogP contribution in [0.4, 0.5) is 0 Å². The van der Waals surface area contributed by atoms with Gasteiger partial charge in [-0.3, -0.25) is 4.79 Å². The summed E-state index contributed by atoms with van der Waals surface area (Å²) in [7, 11) is 0. The summed E-state index contributed by atoms with van der Waals surface area (Å²) < 4.78 is 0.958. The Kier molecular flexibility index (Phi) is 4.04. The molecule has 0 unspecified atom stereocenters. The van der Waals surface area contributed by atoms with E-state index in [1.54, 1.807) is 12.3 Å². The molecule has 0 fully saturated rings. The van der Waals surface area contributed by atoms with E-state index in [2.05, 4.69) is 25.9 Å². The molecule has 2 aromatic rings. The minimum Gasteiger partial charge on any atom is -0.481 e. The van der Waals surface area contributed by atoms with Gasteiger partial charge in [0.2, 0.25) is 0 Å². The number of benzene rings is 1. The SMILES string of the molecule is O=C(O)CCc1ccnc(-c2cccc(Br)c2)n1. The molecule has 1 heterocycles. The van der Waals surface area contributed by atoms with Crippen molar-refractivity contribution < 1.29 is 9.90 Å². The Bertz CT molecular complexity index is 572. The first-order valence-electron chi connectivity index (χ1n) is 5.45. The summed E-state index contributed by atoms with van der Waals surface area (Å²) in [4.78, 5) is 19.1. The van der Waals surface area contributed by atoms with Gasteiger partial charge in [0.25, 0.3) is 0 Å². The van der Waals surface area contributed by atoms with E-state index in [0.717, 1.165) is 15.7 Å². The van der Waals surface area contributed by atoms with Crippen LogP contribution in [0, 0.1) is 0 Å². The normalized spacial score (nSPS) is 10.3. The number of aryl methyl sites for hydroxylation is 1. The lowest BCUT2D eigenvalue weighted by Gasteiger charge is -2.03. The van der Waals surface area contributed by atoms with Crippen LogP contribution in [0.25, 0.3) is 11.4 Å². The average Bonchev–Trinajstić information content (AvgIpc) is 2.37. The molecule has 1 aromatic carbocycles. The number of nitrogens with zero attached hydrogens (tertiary/aromatic N) is 2. The zero-order valence-electron chi connectivity index (χ0n) is 9.51. The predicted octanol–water partition coefficient (Wildman–Crippen LogP) is 2.92. The van der Waals surface area contributed by atoms with Gasteiger partial charge in [0, 0.05) is 28.3 Å². The Labute approximate surface area is 113 Å². The second-order valence-electron chi connectivity index (χ2n) is 3.78. The summed E-state index contributed by atoms with van der Waals surface area (Å²) in [6, 6.07) is 9.42. The number of rotatable bonds is 4. The zero-order chi connectivity index (χ0) is 13.0. The van der Waals surface area contributed by atoms with Crippen LogP contribution in [0.1, 0.15) is 12.1 Å². The van der Waals surface area contributed by atoms with E-state index in [4.69, 9.17) is 5.11 Å². The van der Waals surface area contributed by atoms with Crippen molar-refractivity contribution in [3.8, 4) is 11.4 Å². The maximum absolute atomic E-state index is 10.5. The highest BCUT2D eigenvalue weighted by molar-refractivity contribution is 9.10. The van der Waals surface area contributed by atoms with Crippen LogP contribution in [0.5, 0.6) is 0 Å². The van der Waals surface area contributed by atoms with Crippen molar-refractivity contribution in [2.24, 2.45) is 0 Å². The Morgan fingerprint density at radius 3 is 2.89 bits per heavy atom. The number of carboxylic acids is 1. The minimum atomic E-state index is -0.822. The molecule has 0 spiro atoms. The van der Waals surface area contributed by atoms with E-state index in [1.807, 2.05) is 24.3 Å². The van der Waals surface area contributed by atoms with Crippen LogP contribution >= 0.6 is 15.9 Å². The Hall–Kier alpha value is -1.75. The number of hydrogen-bond donors (Lipinski definition) is 1. The number of aliphatic carboxylic acids is 1. The van der Waals surface area contributed by atoms with Gasteiger partial charge in [-0.2, -0.15) is 0 Å². The summed E-state index contributed by atoms with van der Waals surface area (Å²) in [5.41, 5.74) is 1.64. The van der Waals surface area contributed by atoms with E-state index in [1.165, 1.54) is 0 Å². The second-order valence-corrected chi connectivity index (χ2v) is 4.69. The number of carboxylic acid groups (broad SMARTS) is 1. The molecule has 0 aliphatic carbocycles. The molecule has 5 heteroatoms. The summed E-state index contributed by atoms with van der Waals surface area (Å²) in [5, 5.41) is 8.65. The Morgan fingerprint density at radius 1 is 1.33 bits per heavy atom. The molecule has 2 rings (SSSR count). The molecule has 92 valence electrons. The molecule has 18 heavy (non-hydrogen) atoms. The van der Waals surface area contributed by atoms with Crippen molar-refractivity contribution in [2.75, 3.05) is 0 Å². The van der Waals surface area contributed by atoms with Gasteiger partial charge in [0.05, 0.1) is 6.42 Å². The lowest BCUT2D eigenvalue weighted by Crippen LogP contribution is -2.00. The van der Waals surface area contributed by atoms with Gasteiger partial charge in [-0.1, -0.05) is 28.1 Å². The highest BCUT2D eigenvalue weighted by Gasteiger charge is 2.05. The van der Waals surface area contributed by atoms with Crippen LogP contribution < -0.4 is 0 Å². The standard InChI is InChI=1S/C13H11BrN2O2/c14-10-3-1-2-9(8-10)13-15-7-6-11(16-13)4-5-12(17)18/h1-3,6-8H,4-5H2,(H,17,18). The minimum absolute atomic E-state index is 0.0783. The molecule has 0 atom stereocenters. The van der Waals surface area contributed by atoms with E-state index in [0.29, 0.717) is 12.2 Å². The average molecular weight is 307 g/mol. The number of aromatic nitrogens is 2. The van der Waals surface area contributed by atoms with Gasteiger partial charge in [0.1, 0.15) is 0 Å². The maximum atomic E-state index is 10.5. The molecule has 0 bridgehead atoms. The third-order valence-corrected chi connectivity index (χ3v) is 2.88. The van der Waals surface area contributed by atoms with Crippen molar-refractivity contribution in [1.82, 2.24) is 9.97 Å². The first-order valence-corrected chi connectivity index (χ1v) is 6.24. The van der Waals surface area contributed by atoms with Crippen molar-refractivity contribution in [2.45, 2.75) is 12.8 Å². The summed E-state index contributed by atoms with van der Waals surface area (Å²) in [6.07, 6.45) is 2.15.